The van der Waals surface area contributed by atoms with E-state index in [9.17, 15) is 14.7 Å². The monoisotopic (exact) mass is 478 g/mol. The van der Waals surface area contributed by atoms with Crippen LogP contribution >= 0.6 is 11.3 Å². The van der Waals surface area contributed by atoms with Gasteiger partial charge in [0, 0.05) is 43.0 Å². The number of carbonyl (C=O) groups excluding carboxylic acids is 2. The third kappa shape index (κ3) is 4.12. The highest BCUT2D eigenvalue weighted by molar-refractivity contribution is 7.21. The molecule has 34 heavy (non-hydrogen) atoms. The van der Waals surface area contributed by atoms with Crippen molar-refractivity contribution in [2.75, 3.05) is 19.6 Å². The normalized spacial score (nSPS) is 15.9. The Morgan fingerprint density at radius 1 is 1.26 bits per heavy atom. The summed E-state index contributed by atoms with van der Waals surface area (Å²) in [6.07, 6.45) is 2.68. The third-order valence-corrected chi connectivity index (χ3v) is 7.08. The molecule has 9 heteroatoms. The number of β-amino-alcohol motifs (C(OH)–C–C–N with tert-alkyl or cyclic N) is 1. The molecule has 0 unspecified atom stereocenters. The van der Waals surface area contributed by atoms with Gasteiger partial charge in [0.2, 0.25) is 0 Å². The molecule has 2 amide bonds. The maximum absolute atomic E-state index is 12.9. The summed E-state index contributed by atoms with van der Waals surface area (Å²) in [6.45, 7) is 5.46. The van der Waals surface area contributed by atoms with Gasteiger partial charge in [-0.3, -0.25) is 14.3 Å². The van der Waals surface area contributed by atoms with Gasteiger partial charge in [-0.05, 0) is 50.1 Å². The van der Waals surface area contributed by atoms with Crippen molar-refractivity contribution in [2.24, 2.45) is 0 Å². The molecule has 5 rings (SSSR count). The Bertz CT molecular complexity index is 1390. The summed E-state index contributed by atoms with van der Waals surface area (Å²) >= 11 is 1.34. The minimum atomic E-state index is -0.457. The standard InChI is InChI=1S/C25H26N4O4S/c1-3-8-27-25(32)29-15(2)11-16-12-18(4-5-20(16)29)33-21-6-9-26-19-13-22(34-23(19)21)24(31)28-10-7-17(30)14-28/h4-6,9,11-13,17,30H,3,7-8,10,14H2,1-2H3,(H,27,32)/t17-/m0/s1. The number of ether oxygens (including phenoxy) is 1. The molecule has 1 atom stereocenters. The zero-order valence-electron chi connectivity index (χ0n) is 19.1. The molecule has 4 aromatic rings. The highest BCUT2D eigenvalue weighted by Crippen LogP contribution is 2.36. The molecule has 1 aromatic carbocycles. The number of aromatic nitrogens is 2. The topological polar surface area (TPSA) is 96.7 Å². The summed E-state index contributed by atoms with van der Waals surface area (Å²) in [7, 11) is 0. The Labute approximate surface area is 200 Å². The van der Waals surface area contributed by atoms with Crippen LogP contribution in [0, 0.1) is 6.92 Å². The smallest absolute Gasteiger partial charge is 0.326 e. The van der Waals surface area contributed by atoms with Crippen molar-refractivity contribution in [3.63, 3.8) is 0 Å². The molecule has 0 spiro atoms. The minimum Gasteiger partial charge on any atom is -0.456 e. The van der Waals surface area contributed by atoms with Crippen molar-refractivity contribution in [3.05, 3.63) is 53.2 Å². The van der Waals surface area contributed by atoms with Gasteiger partial charge in [0.25, 0.3) is 5.91 Å². The molecule has 2 N–H and O–H groups in total. The van der Waals surface area contributed by atoms with Crippen LogP contribution in [-0.2, 0) is 0 Å². The Hall–Kier alpha value is -3.43. The van der Waals surface area contributed by atoms with Gasteiger partial charge in [0.05, 0.1) is 26.7 Å². The summed E-state index contributed by atoms with van der Waals surface area (Å²) in [4.78, 5) is 32.1. The highest BCUT2D eigenvalue weighted by atomic mass is 32.1. The van der Waals surface area contributed by atoms with Gasteiger partial charge < -0.3 is 20.1 Å². The SMILES string of the molecule is CCCNC(=O)n1c(C)cc2cc(Oc3ccnc4cc(C(=O)N5CC[C@H](O)C5)sc34)ccc21. The van der Waals surface area contributed by atoms with Gasteiger partial charge in [0.15, 0.2) is 0 Å². The van der Waals surface area contributed by atoms with E-state index in [1.165, 1.54) is 11.3 Å². The summed E-state index contributed by atoms with van der Waals surface area (Å²) in [6, 6.07) is 11.0. The lowest BCUT2D eigenvalue weighted by atomic mass is 10.2. The van der Waals surface area contributed by atoms with E-state index in [1.54, 1.807) is 27.8 Å². The number of aryl methyl sites for hydroxylation is 1. The second kappa shape index (κ2) is 9.08. The number of hydrogen-bond donors (Lipinski definition) is 2. The van der Waals surface area contributed by atoms with Crippen LogP contribution in [0.1, 0.15) is 35.1 Å². The Balaban J connectivity index is 1.42. The van der Waals surface area contributed by atoms with Crippen molar-refractivity contribution in [2.45, 2.75) is 32.8 Å². The van der Waals surface area contributed by atoms with Gasteiger partial charge in [-0.25, -0.2) is 4.79 Å². The molecule has 0 radical (unpaired) electrons. The number of carbonyl (C=O) groups is 2. The fourth-order valence-electron chi connectivity index (χ4n) is 4.29. The van der Waals surface area contributed by atoms with E-state index in [-0.39, 0.29) is 11.9 Å². The van der Waals surface area contributed by atoms with Gasteiger partial charge in [-0.15, -0.1) is 11.3 Å². The van der Waals surface area contributed by atoms with Crippen molar-refractivity contribution in [1.82, 2.24) is 19.8 Å². The van der Waals surface area contributed by atoms with Crippen molar-refractivity contribution < 1.29 is 19.4 Å². The van der Waals surface area contributed by atoms with Gasteiger partial charge in [-0.2, -0.15) is 0 Å². The fourth-order valence-corrected chi connectivity index (χ4v) is 5.32. The largest absolute Gasteiger partial charge is 0.456 e. The number of hydrogen-bond acceptors (Lipinski definition) is 6. The van der Waals surface area contributed by atoms with E-state index in [1.807, 2.05) is 38.1 Å². The van der Waals surface area contributed by atoms with Crippen molar-refractivity contribution in [1.29, 1.82) is 0 Å². The highest BCUT2D eigenvalue weighted by Gasteiger charge is 2.27. The van der Waals surface area contributed by atoms with E-state index in [0.29, 0.717) is 47.9 Å². The molecule has 8 nitrogen and oxygen atoms in total. The number of rotatable bonds is 5. The first-order valence-corrected chi connectivity index (χ1v) is 12.2. The molecule has 176 valence electrons. The predicted molar refractivity (Wildman–Crippen MR) is 132 cm³/mol. The van der Waals surface area contributed by atoms with E-state index >= 15 is 0 Å². The Kier molecular flexibility index (Phi) is 5.97. The maximum atomic E-state index is 12.9. The number of pyridine rings is 1. The van der Waals surface area contributed by atoms with E-state index in [4.69, 9.17) is 4.74 Å². The molecule has 1 aliphatic rings. The van der Waals surface area contributed by atoms with Crippen LogP contribution in [0.25, 0.3) is 21.1 Å². The zero-order chi connectivity index (χ0) is 23.8. The second-order valence-electron chi connectivity index (χ2n) is 8.50. The first-order valence-electron chi connectivity index (χ1n) is 11.4. The van der Waals surface area contributed by atoms with Gasteiger partial charge in [-0.1, -0.05) is 6.92 Å². The number of aliphatic hydroxyl groups excluding tert-OH is 1. The van der Waals surface area contributed by atoms with Crippen LogP contribution in [0.3, 0.4) is 0 Å². The summed E-state index contributed by atoms with van der Waals surface area (Å²) in [5, 5.41) is 13.6. The van der Waals surface area contributed by atoms with Crippen LogP contribution in [0.4, 0.5) is 4.79 Å². The number of aliphatic hydroxyl groups is 1. The zero-order valence-corrected chi connectivity index (χ0v) is 19.9. The molecule has 4 heterocycles. The van der Waals surface area contributed by atoms with E-state index < -0.39 is 6.10 Å². The van der Waals surface area contributed by atoms with Crippen LogP contribution in [0.15, 0.2) is 42.6 Å². The van der Waals surface area contributed by atoms with Crippen LogP contribution in [-0.4, -0.2) is 57.2 Å². The first-order chi connectivity index (χ1) is 16.4. The number of likely N-dealkylation sites (tertiary alicyclic amines) is 1. The number of nitrogens with one attached hydrogen (secondary N) is 1. The number of fused-ring (bicyclic) bond motifs is 2. The molecule has 3 aromatic heterocycles. The molecule has 1 aliphatic heterocycles. The lowest BCUT2D eigenvalue weighted by molar-refractivity contribution is 0.0769. The van der Waals surface area contributed by atoms with Crippen molar-refractivity contribution >= 4 is 44.4 Å². The molecule has 1 fully saturated rings. The molecular formula is C25H26N4O4S. The maximum Gasteiger partial charge on any atom is 0.326 e. The Morgan fingerprint density at radius 2 is 2.12 bits per heavy atom. The molecule has 0 saturated carbocycles. The molecular weight excluding hydrogens is 452 g/mol. The molecule has 0 aliphatic carbocycles. The number of benzene rings is 1. The van der Waals surface area contributed by atoms with Crippen LogP contribution in [0.5, 0.6) is 11.5 Å². The molecule has 1 saturated heterocycles. The average molecular weight is 479 g/mol. The fraction of sp³-hybridized carbons (Fsp3) is 0.320. The Morgan fingerprint density at radius 3 is 2.88 bits per heavy atom. The predicted octanol–water partition coefficient (Wildman–Crippen LogP) is 4.53. The van der Waals surface area contributed by atoms with Gasteiger partial charge in [0.1, 0.15) is 11.5 Å². The number of amides is 2. The van der Waals surface area contributed by atoms with Crippen LogP contribution < -0.4 is 10.1 Å². The second-order valence-corrected chi connectivity index (χ2v) is 9.56. The summed E-state index contributed by atoms with van der Waals surface area (Å²) in [5.41, 5.74) is 2.36. The first kappa shape index (κ1) is 22.4. The van der Waals surface area contributed by atoms with E-state index in [0.717, 1.165) is 27.7 Å². The minimum absolute atomic E-state index is 0.0925. The number of nitrogens with zero attached hydrogens (tertiary/aromatic N) is 3. The lowest BCUT2D eigenvalue weighted by Gasteiger charge is -2.13. The number of thiophene rings is 1. The lowest BCUT2D eigenvalue weighted by Crippen LogP contribution is -2.29. The van der Waals surface area contributed by atoms with Gasteiger partial charge >= 0.3 is 6.03 Å². The quantitative estimate of drug-likeness (QED) is 0.439. The summed E-state index contributed by atoms with van der Waals surface area (Å²) in [5.74, 6) is 1.16. The van der Waals surface area contributed by atoms with Crippen molar-refractivity contribution in [3.8, 4) is 11.5 Å². The van der Waals surface area contributed by atoms with E-state index in [2.05, 4.69) is 10.3 Å². The average Bonchev–Trinajstić information content (AvgIpc) is 3.53. The van der Waals surface area contributed by atoms with Crippen LogP contribution in [0.2, 0.25) is 0 Å². The third-order valence-electron chi connectivity index (χ3n) is 5.95. The summed E-state index contributed by atoms with van der Waals surface area (Å²) < 4.78 is 8.67. The molecule has 0 bridgehead atoms.